The van der Waals surface area contributed by atoms with Gasteiger partial charge in [-0.1, -0.05) is 6.42 Å². The summed E-state index contributed by atoms with van der Waals surface area (Å²) in [6, 6.07) is 8.29. The highest BCUT2D eigenvalue weighted by Crippen LogP contribution is 2.34. The first-order valence-electron chi connectivity index (χ1n) is 12.5. The smallest absolute Gasteiger partial charge is 0.135 e. The van der Waals surface area contributed by atoms with E-state index in [2.05, 4.69) is 21.1 Å². The molecule has 1 aliphatic carbocycles. The van der Waals surface area contributed by atoms with Crippen LogP contribution in [0.5, 0.6) is 0 Å². The largest absolute Gasteiger partial charge is 0.374 e. The average Bonchev–Trinajstić information content (AvgIpc) is 3.25. The summed E-state index contributed by atoms with van der Waals surface area (Å²) in [4.78, 5) is 8.91. The van der Waals surface area contributed by atoms with Gasteiger partial charge in [0.25, 0.3) is 0 Å². The van der Waals surface area contributed by atoms with Gasteiger partial charge >= 0.3 is 0 Å². The molecule has 1 aliphatic rings. The Morgan fingerprint density at radius 2 is 1.92 bits per heavy atom. The molecule has 5 rings (SSSR count). The molecule has 0 amide bonds. The monoisotopic (exact) mass is 491 g/mol. The SMILES string of the molecule is CC(C)OCc1cc(F)c(-c2ccc3cnc(Cc4cnccc4[C@@H]4CCC[C@H](N)C4)n3n2)c(F)c1. The van der Waals surface area contributed by atoms with E-state index >= 15 is 8.78 Å². The topological polar surface area (TPSA) is 78.3 Å². The molecule has 0 unspecified atom stereocenters. The summed E-state index contributed by atoms with van der Waals surface area (Å²) in [5.41, 5.74) is 9.80. The van der Waals surface area contributed by atoms with E-state index < -0.39 is 11.6 Å². The van der Waals surface area contributed by atoms with Gasteiger partial charge in [-0.25, -0.2) is 18.3 Å². The predicted molar refractivity (Wildman–Crippen MR) is 134 cm³/mol. The van der Waals surface area contributed by atoms with Crippen molar-refractivity contribution < 1.29 is 13.5 Å². The summed E-state index contributed by atoms with van der Waals surface area (Å²) in [6.45, 7) is 3.90. The fourth-order valence-electron chi connectivity index (χ4n) is 5.07. The fourth-order valence-corrected chi connectivity index (χ4v) is 5.07. The molecule has 1 aromatic carbocycles. The number of fused-ring (bicyclic) bond motifs is 1. The molecule has 2 N–H and O–H groups in total. The van der Waals surface area contributed by atoms with Crippen molar-refractivity contribution in [3.63, 3.8) is 0 Å². The Morgan fingerprint density at radius 3 is 2.67 bits per heavy atom. The lowest BCUT2D eigenvalue weighted by atomic mass is 9.80. The molecule has 0 aliphatic heterocycles. The van der Waals surface area contributed by atoms with Gasteiger partial charge in [-0.15, -0.1) is 0 Å². The van der Waals surface area contributed by atoms with E-state index in [1.165, 1.54) is 17.7 Å². The van der Waals surface area contributed by atoms with Crippen molar-refractivity contribution in [3.05, 3.63) is 83.1 Å². The minimum Gasteiger partial charge on any atom is -0.374 e. The summed E-state index contributed by atoms with van der Waals surface area (Å²) < 4.78 is 37.2. The van der Waals surface area contributed by atoms with Gasteiger partial charge in [-0.3, -0.25) is 4.98 Å². The van der Waals surface area contributed by atoms with Crippen molar-refractivity contribution in [3.8, 4) is 11.3 Å². The van der Waals surface area contributed by atoms with Crippen LogP contribution in [0.2, 0.25) is 0 Å². The van der Waals surface area contributed by atoms with Crippen LogP contribution in [0.25, 0.3) is 16.8 Å². The number of rotatable bonds is 7. The third kappa shape index (κ3) is 5.15. The van der Waals surface area contributed by atoms with E-state index in [0.29, 0.717) is 23.7 Å². The highest BCUT2D eigenvalue weighted by molar-refractivity contribution is 5.63. The summed E-state index contributed by atoms with van der Waals surface area (Å²) in [7, 11) is 0. The summed E-state index contributed by atoms with van der Waals surface area (Å²) >= 11 is 0. The molecule has 6 nitrogen and oxygen atoms in total. The third-order valence-corrected chi connectivity index (χ3v) is 6.84. The van der Waals surface area contributed by atoms with Crippen molar-refractivity contribution in [1.29, 1.82) is 0 Å². The highest BCUT2D eigenvalue weighted by atomic mass is 19.1. The van der Waals surface area contributed by atoms with E-state index in [0.717, 1.165) is 36.8 Å². The number of ether oxygens (including phenoxy) is 1. The Balaban J connectivity index is 1.47. The van der Waals surface area contributed by atoms with Crippen LogP contribution in [-0.2, 0) is 17.8 Å². The van der Waals surface area contributed by atoms with Crippen LogP contribution in [0.4, 0.5) is 8.78 Å². The van der Waals surface area contributed by atoms with Gasteiger partial charge in [-0.2, -0.15) is 5.10 Å². The lowest BCUT2D eigenvalue weighted by Crippen LogP contribution is -2.27. The average molecular weight is 492 g/mol. The van der Waals surface area contributed by atoms with Crippen LogP contribution in [0, 0.1) is 11.6 Å². The van der Waals surface area contributed by atoms with E-state index in [4.69, 9.17) is 10.5 Å². The zero-order valence-electron chi connectivity index (χ0n) is 20.6. The predicted octanol–water partition coefficient (Wildman–Crippen LogP) is 5.57. The standard InChI is InChI=1S/C28H31F2N5O/c1-17(2)36-16-18-10-24(29)28(25(30)11-18)26-7-6-22-15-33-27(35(22)34-26)13-20-14-32-9-8-23(20)19-4-3-5-21(31)12-19/h6-11,14-15,17,19,21H,3-5,12-13,16,31H2,1-2H3/t19-,21+/m1/s1. The molecule has 0 spiro atoms. The Morgan fingerprint density at radius 1 is 1.11 bits per heavy atom. The number of hydrogen-bond acceptors (Lipinski definition) is 5. The van der Waals surface area contributed by atoms with Crippen LogP contribution in [0.1, 0.15) is 68.0 Å². The number of halogens is 2. The molecule has 2 atom stereocenters. The van der Waals surface area contributed by atoms with Crippen LogP contribution in [0.15, 0.2) is 48.9 Å². The van der Waals surface area contributed by atoms with Crippen LogP contribution in [-0.4, -0.2) is 31.7 Å². The molecular formula is C28H31F2N5O. The normalized spacial score (nSPS) is 18.3. The Bertz CT molecular complexity index is 1350. The van der Waals surface area contributed by atoms with Gasteiger partial charge in [0, 0.05) is 24.9 Å². The van der Waals surface area contributed by atoms with Crippen molar-refractivity contribution in [2.45, 2.75) is 70.6 Å². The van der Waals surface area contributed by atoms with E-state index in [9.17, 15) is 0 Å². The molecule has 36 heavy (non-hydrogen) atoms. The van der Waals surface area contributed by atoms with Gasteiger partial charge < -0.3 is 10.5 Å². The summed E-state index contributed by atoms with van der Waals surface area (Å²) in [5, 5.41) is 4.58. The second kappa shape index (κ2) is 10.4. The number of pyridine rings is 1. The minimum absolute atomic E-state index is 0.0327. The molecule has 1 fully saturated rings. The van der Waals surface area contributed by atoms with Gasteiger partial charge in [0.2, 0.25) is 0 Å². The first-order valence-corrected chi connectivity index (χ1v) is 12.5. The zero-order valence-corrected chi connectivity index (χ0v) is 20.6. The zero-order chi connectivity index (χ0) is 25.2. The molecule has 3 aromatic heterocycles. The lowest BCUT2D eigenvalue weighted by molar-refractivity contribution is 0.0654. The second-order valence-electron chi connectivity index (χ2n) is 9.90. The van der Waals surface area contributed by atoms with Crippen LogP contribution < -0.4 is 5.73 Å². The number of imidazole rings is 1. The Labute approximate surface area is 209 Å². The number of nitrogens with two attached hydrogens (primary N) is 1. The molecular weight excluding hydrogens is 460 g/mol. The van der Waals surface area contributed by atoms with E-state index in [1.807, 2.05) is 26.2 Å². The van der Waals surface area contributed by atoms with Crippen molar-refractivity contribution in [2.24, 2.45) is 5.73 Å². The molecule has 4 aromatic rings. The van der Waals surface area contributed by atoms with Gasteiger partial charge in [-0.05, 0) is 86.1 Å². The van der Waals surface area contributed by atoms with E-state index in [-0.39, 0.29) is 30.0 Å². The van der Waals surface area contributed by atoms with Crippen molar-refractivity contribution in [2.75, 3.05) is 0 Å². The Hall–Kier alpha value is -3.23. The second-order valence-corrected chi connectivity index (χ2v) is 9.90. The molecule has 3 heterocycles. The lowest BCUT2D eigenvalue weighted by Gasteiger charge is -2.28. The summed E-state index contributed by atoms with van der Waals surface area (Å²) in [5.74, 6) is -0.269. The molecule has 188 valence electrons. The maximum atomic E-state index is 15.0. The van der Waals surface area contributed by atoms with Crippen molar-refractivity contribution >= 4 is 5.52 Å². The van der Waals surface area contributed by atoms with Gasteiger partial charge in [0.1, 0.15) is 17.5 Å². The fraction of sp³-hybridized carbons (Fsp3) is 0.393. The number of hydrogen-bond donors (Lipinski definition) is 1. The van der Waals surface area contributed by atoms with Gasteiger partial charge in [0.15, 0.2) is 0 Å². The van der Waals surface area contributed by atoms with Crippen LogP contribution in [0.3, 0.4) is 0 Å². The minimum atomic E-state index is -0.672. The number of nitrogens with zero attached hydrogens (tertiary/aromatic N) is 4. The van der Waals surface area contributed by atoms with E-state index in [1.54, 1.807) is 22.8 Å². The number of benzene rings is 1. The quantitative estimate of drug-likeness (QED) is 0.366. The molecule has 0 bridgehead atoms. The Kier molecular flexibility index (Phi) is 7.07. The summed E-state index contributed by atoms with van der Waals surface area (Å²) in [6.07, 6.45) is 10.1. The van der Waals surface area contributed by atoms with Crippen molar-refractivity contribution in [1.82, 2.24) is 19.6 Å². The molecule has 0 radical (unpaired) electrons. The van der Waals surface area contributed by atoms with Crippen LogP contribution >= 0.6 is 0 Å². The highest BCUT2D eigenvalue weighted by Gasteiger charge is 2.24. The first-order chi connectivity index (χ1) is 17.4. The molecule has 1 saturated carbocycles. The molecule has 0 saturated heterocycles. The molecule has 8 heteroatoms. The third-order valence-electron chi connectivity index (χ3n) is 6.84. The maximum Gasteiger partial charge on any atom is 0.135 e. The maximum absolute atomic E-state index is 15.0. The van der Waals surface area contributed by atoms with Gasteiger partial charge in [0.05, 0.1) is 35.7 Å². The number of aromatic nitrogens is 4. The first kappa shape index (κ1) is 24.5.